The Morgan fingerprint density at radius 2 is 1.26 bits per heavy atom. The zero-order chi connectivity index (χ0) is 20.2. The van der Waals surface area contributed by atoms with Crippen LogP contribution in [0.1, 0.15) is 68.7 Å². The van der Waals surface area contributed by atoms with Crippen LogP contribution in [0.2, 0.25) is 0 Å². The van der Waals surface area contributed by atoms with Gasteiger partial charge in [0.1, 0.15) is 11.5 Å². The Balaban J connectivity index is 2.42. The van der Waals surface area contributed by atoms with E-state index in [0.29, 0.717) is 17.3 Å². The van der Waals surface area contributed by atoms with Crippen molar-refractivity contribution in [2.75, 3.05) is 14.2 Å². The first-order chi connectivity index (χ1) is 12.6. The summed E-state index contributed by atoms with van der Waals surface area (Å²) in [5.74, 6) is 2.91. The molecule has 0 saturated carbocycles. The number of methoxy groups -OCH3 is 2. The minimum absolute atomic E-state index is 0.343. The normalized spacial score (nSPS) is 12.9. The van der Waals surface area contributed by atoms with Crippen molar-refractivity contribution in [3.8, 4) is 11.5 Å². The van der Waals surface area contributed by atoms with Gasteiger partial charge in [-0.15, -0.1) is 0 Å². The third kappa shape index (κ3) is 5.76. The van der Waals surface area contributed by atoms with Gasteiger partial charge in [0.15, 0.2) is 0 Å². The summed E-state index contributed by atoms with van der Waals surface area (Å²) in [6, 6.07) is 13.2. The van der Waals surface area contributed by atoms with Crippen molar-refractivity contribution in [1.29, 1.82) is 0 Å². The molecule has 1 atom stereocenters. The molecule has 1 unspecified atom stereocenters. The molecule has 2 aromatic rings. The highest BCUT2D eigenvalue weighted by Crippen LogP contribution is 2.38. The lowest BCUT2D eigenvalue weighted by atomic mass is 9.77. The van der Waals surface area contributed by atoms with Crippen LogP contribution in [0, 0.1) is 25.2 Å². The van der Waals surface area contributed by atoms with Crippen LogP contribution in [0.15, 0.2) is 36.4 Å². The van der Waals surface area contributed by atoms with E-state index in [4.69, 9.17) is 9.47 Å². The van der Waals surface area contributed by atoms with Crippen LogP contribution in [0.4, 0.5) is 0 Å². The molecular weight excluding hydrogens is 332 g/mol. The Hall–Kier alpha value is -1.96. The second-order valence-corrected chi connectivity index (χ2v) is 9.12. The Labute approximate surface area is 165 Å². The number of aryl methyl sites for hydroxylation is 2. The zero-order valence-electron chi connectivity index (χ0n) is 18.3. The third-order valence-electron chi connectivity index (χ3n) is 5.24. The van der Waals surface area contributed by atoms with Gasteiger partial charge in [-0.1, -0.05) is 52.0 Å². The fourth-order valence-electron chi connectivity index (χ4n) is 4.23. The van der Waals surface area contributed by atoms with Gasteiger partial charge < -0.3 is 9.47 Å². The molecule has 0 fully saturated rings. The van der Waals surface area contributed by atoms with Crippen molar-refractivity contribution in [3.63, 3.8) is 0 Å². The van der Waals surface area contributed by atoms with E-state index in [1.807, 2.05) is 0 Å². The maximum Gasteiger partial charge on any atom is 0.121 e. The number of hydrogen-bond donors (Lipinski definition) is 0. The van der Waals surface area contributed by atoms with Crippen molar-refractivity contribution < 1.29 is 9.47 Å². The van der Waals surface area contributed by atoms with Crippen LogP contribution in [0.5, 0.6) is 11.5 Å². The minimum Gasteiger partial charge on any atom is -0.496 e. The fourth-order valence-corrected chi connectivity index (χ4v) is 4.23. The lowest BCUT2D eigenvalue weighted by Gasteiger charge is -2.28. The summed E-state index contributed by atoms with van der Waals surface area (Å²) in [7, 11) is 3.47. The molecule has 0 amide bonds. The molecule has 0 heterocycles. The van der Waals surface area contributed by atoms with Crippen LogP contribution in [0.3, 0.4) is 0 Å². The molecule has 0 saturated heterocycles. The first kappa shape index (κ1) is 21.3. The van der Waals surface area contributed by atoms with Gasteiger partial charge in [0.25, 0.3) is 0 Å². The van der Waals surface area contributed by atoms with E-state index in [1.54, 1.807) is 14.2 Å². The van der Waals surface area contributed by atoms with Crippen molar-refractivity contribution >= 4 is 0 Å². The number of ether oxygens (including phenoxy) is 2. The molecule has 148 valence electrons. The van der Waals surface area contributed by atoms with Gasteiger partial charge in [-0.2, -0.15) is 0 Å². The minimum atomic E-state index is 0.343. The molecule has 2 nitrogen and oxygen atoms in total. The molecule has 0 aliphatic carbocycles. The summed E-state index contributed by atoms with van der Waals surface area (Å²) in [4.78, 5) is 0. The molecule has 0 N–H and O–H groups in total. The topological polar surface area (TPSA) is 18.5 Å². The first-order valence-corrected chi connectivity index (χ1v) is 9.93. The first-order valence-electron chi connectivity index (χ1n) is 9.93. The molecule has 27 heavy (non-hydrogen) atoms. The second-order valence-electron chi connectivity index (χ2n) is 9.12. The summed E-state index contributed by atoms with van der Waals surface area (Å²) < 4.78 is 10.9. The van der Waals surface area contributed by atoms with E-state index in [-0.39, 0.29) is 0 Å². The summed E-state index contributed by atoms with van der Waals surface area (Å²) in [6.45, 7) is 13.6. The molecule has 0 aliphatic heterocycles. The number of benzene rings is 2. The number of hydrogen-bond acceptors (Lipinski definition) is 2. The van der Waals surface area contributed by atoms with E-state index in [9.17, 15) is 0 Å². The van der Waals surface area contributed by atoms with Crippen molar-refractivity contribution in [2.24, 2.45) is 11.3 Å². The average Bonchev–Trinajstić information content (AvgIpc) is 2.58. The van der Waals surface area contributed by atoms with Gasteiger partial charge in [0, 0.05) is 5.92 Å². The van der Waals surface area contributed by atoms with Gasteiger partial charge in [-0.3, -0.25) is 0 Å². The van der Waals surface area contributed by atoms with Crippen LogP contribution in [-0.4, -0.2) is 14.2 Å². The molecular formula is C25H36O2. The molecule has 2 rings (SSSR count). The summed E-state index contributed by atoms with van der Waals surface area (Å²) in [5.41, 5.74) is 5.44. The maximum absolute atomic E-state index is 5.47. The standard InChI is InChI=1S/C25H36O2/c1-17(16-25(4,5)6)13-22(20-9-11-23(26-7)18(2)14-20)21-10-12-24(27-8)19(3)15-21/h9-12,14-15,17,22H,13,16H2,1-8H3. The number of rotatable bonds is 7. The summed E-state index contributed by atoms with van der Waals surface area (Å²) in [6.07, 6.45) is 2.35. The second kappa shape index (κ2) is 8.82. The fraction of sp³-hybridized carbons (Fsp3) is 0.520. The summed E-state index contributed by atoms with van der Waals surface area (Å²) in [5, 5.41) is 0. The molecule has 0 radical (unpaired) electrons. The lowest BCUT2D eigenvalue weighted by Crippen LogP contribution is -2.14. The van der Waals surface area contributed by atoms with Gasteiger partial charge in [-0.25, -0.2) is 0 Å². The average molecular weight is 369 g/mol. The predicted molar refractivity (Wildman–Crippen MR) is 115 cm³/mol. The lowest BCUT2D eigenvalue weighted by molar-refractivity contribution is 0.291. The Kier molecular flexibility index (Phi) is 6.97. The largest absolute Gasteiger partial charge is 0.496 e. The summed E-state index contributed by atoms with van der Waals surface area (Å²) >= 11 is 0. The van der Waals surface area contributed by atoms with E-state index in [2.05, 4.69) is 77.9 Å². The van der Waals surface area contributed by atoms with E-state index in [1.165, 1.54) is 28.7 Å². The van der Waals surface area contributed by atoms with Crippen LogP contribution >= 0.6 is 0 Å². The van der Waals surface area contributed by atoms with Gasteiger partial charge in [-0.05, 0) is 72.4 Å². The highest BCUT2D eigenvalue weighted by Gasteiger charge is 2.22. The molecule has 0 spiro atoms. The molecule has 2 heteroatoms. The Morgan fingerprint density at radius 1 is 0.815 bits per heavy atom. The van der Waals surface area contributed by atoms with Crippen molar-refractivity contribution in [1.82, 2.24) is 0 Å². The molecule has 2 aromatic carbocycles. The Morgan fingerprint density at radius 3 is 1.59 bits per heavy atom. The highest BCUT2D eigenvalue weighted by atomic mass is 16.5. The van der Waals surface area contributed by atoms with Crippen LogP contribution in [0.25, 0.3) is 0 Å². The maximum atomic E-state index is 5.47. The monoisotopic (exact) mass is 368 g/mol. The quantitative estimate of drug-likeness (QED) is 0.528. The van der Waals surface area contributed by atoms with Crippen LogP contribution in [-0.2, 0) is 0 Å². The van der Waals surface area contributed by atoms with Crippen LogP contribution < -0.4 is 9.47 Å². The smallest absolute Gasteiger partial charge is 0.121 e. The predicted octanol–water partition coefficient (Wildman–Crippen LogP) is 6.91. The van der Waals surface area contributed by atoms with E-state index < -0.39 is 0 Å². The third-order valence-corrected chi connectivity index (χ3v) is 5.24. The molecule has 0 bridgehead atoms. The van der Waals surface area contributed by atoms with Gasteiger partial charge >= 0.3 is 0 Å². The van der Waals surface area contributed by atoms with Gasteiger partial charge in [0.05, 0.1) is 14.2 Å². The molecule has 0 aliphatic rings. The van der Waals surface area contributed by atoms with Crippen molar-refractivity contribution in [3.05, 3.63) is 58.7 Å². The zero-order valence-corrected chi connectivity index (χ0v) is 18.3. The highest BCUT2D eigenvalue weighted by molar-refractivity contribution is 5.44. The van der Waals surface area contributed by atoms with E-state index in [0.717, 1.165) is 17.9 Å². The van der Waals surface area contributed by atoms with Gasteiger partial charge in [0.2, 0.25) is 0 Å². The molecule has 0 aromatic heterocycles. The Bertz CT molecular complexity index is 702. The van der Waals surface area contributed by atoms with Crippen molar-refractivity contribution in [2.45, 2.75) is 60.3 Å². The van der Waals surface area contributed by atoms with E-state index >= 15 is 0 Å². The SMILES string of the molecule is COc1ccc(C(CC(C)CC(C)(C)C)c2ccc(OC)c(C)c2)cc1C.